The van der Waals surface area contributed by atoms with E-state index in [0.29, 0.717) is 24.2 Å². The smallest absolute Gasteiger partial charge is 0.336 e. The fourth-order valence-corrected chi connectivity index (χ4v) is 3.11. The van der Waals surface area contributed by atoms with Gasteiger partial charge < -0.3 is 20.1 Å². The Hall–Kier alpha value is -2.40. The van der Waals surface area contributed by atoms with Crippen molar-refractivity contribution >= 4 is 28.0 Å². The molecule has 0 aliphatic carbocycles. The molecule has 0 aromatic rings. The molecule has 0 bridgehead atoms. The van der Waals surface area contributed by atoms with E-state index in [2.05, 4.69) is 10.6 Å². The summed E-state index contributed by atoms with van der Waals surface area (Å²) in [5.41, 5.74) is 0.560. The molecule has 1 aliphatic heterocycles. The number of nitrogens with one attached hydrogen (secondary N) is 2. The van der Waals surface area contributed by atoms with Crippen LogP contribution in [0, 0.1) is 5.92 Å². The Balaban J connectivity index is 3.27. The number of amides is 1. The molecule has 29 heavy (non-hydrogen) atoms. The maximum Gasteiger partial charge on any atom is 0.336 e. The number of ether oxygens (including phenoxy) is 2. The third-order valence-electron chi connectivity index (χ3n) is 4.00. The number of carbonyl (C=O) groups is 3. The van der Waals surface area contributed by atoms with Crippen LogP contribution in [0.3, 0.4) is 0 Å². The summed E-state index contributed by atoms with van der Waals surface area (Å²) in [6, 6.07) is 0. The highest BCUT2D eigenvalue weighted by Gasteiger charge is 2.41. The Labute approximate surface area is 170 Å². The summed E-state index contributed by atoms with van der Waals surface area (Å²) in [5, 5.41) is 5.24. The molecule has 0 aromatic heterocycles. The summed E-state index contributed by atoms with van der Waals surface area (Å²) in [5.74, 6) is -4.35. The van der Waals surface area contributed by atoms with Crippen molar-refractivity contribution in [3.05, 3.63) is 22.5 Å². The second kappa shape index (κ2) is 11.0. The normalized spacial score (nSPS) is 15.1. The Bertz CT molecular complexity index is 772. The first-order valence-corrected chi connectivity index (χ1v) is 10.9. The van der Waals surface area contributed by atoms with E-state index in [1.807, 2.05) is 13.8 Å². The molecule has 0 aromatic carbocycles. The SMILES string of the molecule is CCCOC(=O)C1=C(C)NC(C)=C(C(=O)OCCC)C1C(=O)NCCS(=O)(=O)O. The van der Waals surface area contributed by atoms with E-state index in [9.17, 15) is 22.8 Å². The van der Waals surface area contributed by atoms with Gasteiger partial charge in [-0.1, -0.05) is 13.8 Å². The minimum absolute atomic E-state index is 0.0585. The number of carbonyl (C=O) groups excluding carboxylic acids is 3. The summed E-state index contributed by atoms with van der Waals surface area (Å²) in [7, 11) is -4.29. The molecule has 3 N–H and O–H groups in total. The van der Waals surface area contributed by atoms with Crippen LogP contribution in [-0.2, 0) is 34.0 Å². The van der Waals surface area contributed by atoms with Gasteiger partial charge in [-0.3, -0.25) is 9.35 Å². The third-order valence-corrected chi connectivity index (χ3v) is 4.72. The average molecular weight is 432 g/mol. The number of allylic oxidation sites excluding steroid dienone is 2. The number of hydrogen-bond donors (Lipinski definition) is 3. The molecule has 0 saturated heterocycles. The highest BCUT2D eigenvalue weighted by molar-refractivity contribution is 7.85. The van der Waals surface area contributed by atoms with Crippen molar-refractivity contribution < 1.29 is 36.8 Å². The van der Waals surface area contributed by atoms with Crippen LogP contribution in [0.15, 0.2) is 22.5 Å². The van der Waals surface area contributed by atoms with Crippen LogP contribution >= 0.6 is 0 Å². The van der Waals surface area contributed by atoms with Crippen LogP contribution in [0.4, 0.5) is 0 Å². The van der Waals surface area contributed by atoms with Gasteiger partial charge in [0.15, 0.2) is 0 Å². The number of dihydropyridines is 1. The summed E-state index contributed by atoms with van der Waals surface area (Å²) in [4.78, 5) is 38.0. The second-order valence-corrected chi connectivity index (χ2v) is 8.06. The van der Waals surface area contributed by atoms with Crippen molar-refractivity contribution in [1.82, 2.24) is 10.6 Å². The zero-order valence-corrected chi connectivity index (χ0v) is 17.8. The van der Waals surface area contributed by atoms with Gasteiger partial charge in [0.25, 0.3) is 10.1 Å². The first-order valence-electron chi connectivity index (χ1n) is 9.29. The predicted molar refractivity (Wildman–Crippen MR) is 104 cm³/mol. The van der Waals surface area contributed by atoms with Gasteiger partial charge in [0.2, 0.25) is 5.91 Å². The molecule has 0 fully saturated rings. The number of rotatable bonds is 10. The van der Waals surface area contributed by atoms with Gasteiger partial charge in [-0.05, 0) is 26.7 Å². The van der Waals surface area contributed by atoms with Gasteiger partial charge in [0, 0.05) is 17.9 Å². The number of hydrogen-bond acceptors (Lipinski definition) is 8. The fourth-order valence-electron chi connectivity index (χ4n) is 2.75. The van der Waals surface area contributed by atoms with Crippen molar-refractivity contribution in [2.24, 2.45) is 5.92 Å². The van der Waals surface area contributed by atoms with E-state index in [0.717, 1.165) is 0 Å². The molecule has 0 radical (unpaired) electrons. The van der Waals surface area contributed by atoms with Gasteiger partial charge in [-0.25, -0.2) is 9.59 Å². The van der Waals surface area contributed by atoms with Gasteiger partial charge in [0.1, 0.15) is 5.92 Å². The van der Waals surface area contributed by atoms with E-state index in [4.69, 9.17) is 14.0 Å². The van der Waals surface area contributed by atoms with E-state index in [-0.39, 0.29) is 24.4 Å². The Morgan fingerprint density at radius 3 is 1.83 bits per heavy atom. The largest absolute Gasteiger partial charge is 0.462 e. The monoisotopic (exact) mass is 432 g/mol. The molecule has 1 amide bonds. The zero-order valence-electron chi connectivity index (χ0n) is 17.0. The molecule has 164 valence electrons. The first-order chi connectivity index (χ1) is 13.5. The van der Waals surface area contributed by atoms with Gasteiger partial charge in [-0.2, -0.15) is 8.42 Å². The summed E-state index contributed by atoms with van der Waals surface area (Å²) in [6.07, 6.45) is 1.13. The van der Waals surface area contributed by atoms with Crippen molar-refractivity contribution in [2.75, 3.05) is 25.5 Å². The molecule has 0 unspecified atom stereocenters. The lowest BCUT2D eigenvalue weighted by Crippen LogP contribution is -2.43. The van der Waals surface area contributed by atoms with Crippen molar-refractivity contribution in [3.8, 4) is 0 Å². The van der Waals surface area contributed by atoms with Gasteiger partial charge >= 0.3 is 11.9 Å². The van der Waals surface area contributed by atoms with E-state index >= 15 is 0 Å². The lowest BCUT2D eigenvalue weighted by Gasteiger charge is -2.29. The molecule has 1 aliphatic rings. The Kier molecular flexibility index (Phi) is 9.31. The van der Waals surface area contributed by atoms with Crippen molar-refractivity contribution in [1.29, 1.82) is 0 Å². The molecule has 0 atom stereocenters. The minimum Gasteiger partial charge on any atom is -0.462 e. The van der Waals surface area contributed by atoms with E-state index < -0.39 is 46.2 Å². The molecule has 0 saturated carbocycles. The molecule has 11 heteroatoms. The average Bonchev–Trinajstić information content (AvgIpc) is 2.62. The van der Waals surface area contributed by atoms with Crippen LogP contribution < -0.4 is 10.6 Å². The Morgan fingerprint density at radius 2 is 1.45 bits per heavy atom. The van der Waals surface area contributed by atoms with Crippen molar-refractivity contribution in [3.63, 3.8) is 0 Å². The molecule has 1 heterocycles. The highest BCUT2D eigenvalue weighted by atomic mass is 32.2. The first kappa shape index (κ1) is 24.6. The second-order valence-electron chi connectivity index (χ2n) is 6.48. The van der Waals surface area contributed by atoms with Crippen LogP contribution in [0.2, 0.25) is 0 Å². The molecule has 0 spiro atoms. The lowest BCUT2D eigenvalue weighted by molar-refractivity contribution is -0.143. The number of esters is 2. The molecule has 10 nitrogen and oxygen atoms in total. The van der Waals surface area contributed by atoms with Crippen LogP contribution in [-0.4, -0.2) is 56.3 Å². The summed E-state index contributed by atoms with van der Waals surface area (Å²) < 4.78 is 41.0. The highest BCUT2D eigenvalue weighted by Crippen LogP contribution is 2.31. The lowest BCUT2D eigenvalue weighted by atomic mass is 9.84. The third kappa shape index (κ3) is 7.17. The summed E-state index contributed by atoms with van der Waals surface area (Å²) >= 11 is 0. The van der Waals surface area contributed by atoms with Crippen LogP contribution in [0.5, 0.6) is 0 Å². The molecular formula is C18H28N2O8S. The maximum atomic E-state index is 12.9. The van der Waals surface area contributed by atoms with Crippen LogP contribution in [0.1, 0.15) is 40.5 Å². The topological polar surface area (TPSA) is 148 Å². The van der Waals surface area contributed by atoms with E-state index in [1.165, 1.54) is 0 Å². The molecular weight excluding hydrogens is 404 g/mol. The standard InChI is InChI=1S/C18H28N2O8S/c1-5-8-27-17(22)13-11(3)20-12(4)14(18(23)28-9-6-2)15(13)16(21)19-7-10-29(24,25)26/h15,20H,5-10H2,1-4H3,(H,19,21)(H,24,25,26). The summed E-state index contributed by atoms with van der Waals surface area (Å²) in [6.45, 7) is 6.62. The fraction of sp³-hybridized carbons (Fsp3) is 0.611. The van der Waals surface area contributed by atoms with Crippen LogP contribution in [0.25, 0.3) is 0 Å². The Morgan fingerprint density at radius 1 is 1.00 bits per heavy atom. The minimum atomic E-state index is -4.29. The maximum absolute atomic E-state index is 12.9. The van der Waals surface area contributed by atoms with Gasteiger partial charge in [0.05, 0.1) is 30.1 Å². The molecule has 1 rings (SSSR count). The van der Waals surface area contributed by atoms with Gasteiger partial charge in [-0.15, -0.1) is 0 Å². The quantitative estimate of drug-likeness (QED) is 0.334. The predicted octanol–water partition coefficient (Wildman–Crippen LogP) is 0.664. The van der Waals surface area contributed by atoms with E-state index in [1.54, 1.807) is 13.8 Å². The van der Waals surface area contributed by atoms with Crippen molar-refractivity contribution in [2.45, 2.75) is 40.5 Å². The zero-order chi connectivity index (χ0) is 22.2.